The van der Waals surface area contributed by atoms with E-state index in [1.165, 1.54) is 17.3 Å². The normalized spacial score (nSPS) is 11.2. The third-order valence-corrected chi connectivity index (χ3v) is 6.13. The SMILES string of the molecule is CCCn1c(SCC(=O)c2cc(C)n(CCOC)c2C)nnc1-c1cccc(C)c1. The van der Waals surface area contributed by atoms with Crippen LogP contribution in [-0.4, -0.2) is 44.6 Å². The third-order valence-electron chi connectivity index (χ3n) is 5.17. The number of hydrogen-bond acceptors (Lipinski definition) is 5. The molecule has 0 unspecified atom stereocenters. The summed E-state index contributed by atoms with van der Waals surface area (Å²) in [6, 6.07) is 10.2. The Bertz CT molecular complexity index is 1020. The van der Waals surface area contributed by atoms with E-state index in [1.807, 2.05) is 26.0 Å². The molecule has 1 aromatic carbocycles. The maximum Gasteiger partial charge on any atom is 0.191 e. The lowest BCUT2D eigenvalue weighted by Crippen LogP contribution is -2.10. The first-order valence-corrected chi connectivity index (χ1v) is 11.3. The fourth-order valence-corrected chi connectivity index (χ4v) is 4.48. The number of aromatic nitrogens is 4. The third kappa shape index (κ3) is 4.84. The number of thioether (sulfide) groups is 1. The first-order valence-electron chi connectivity index (χ1n) is 10.3. The molecule has 3 aromatic rings. The Morgan fingerprint density at radius 2 is 1.90 bits per heavy atom. The average Bonchev–Trinajstić information content (AvgIpc) is 3.25. The van der Waals surface area contributed by atoms with Crippen LogP contribution in [0.5, 0.6) is 0 Å². The number of Topliss-reactive ketones (excluding diaryl/α,β-unsaturated/α-hetero) is 1. The van der Waals surface area contributed by atoms with Gasteiger partial charge in [-0.15, -0.1) is 10.2 Å². The van der Waals surface area contributed by atoms with Crippen molar-refractivity contribution in [3.63, 3.8) is 0 Å². The Labute approximate surface area is 182 Å². The summed E-state index contributed by atoms with van der Waals surface area (Å²) in [4.78, 5) is 12.9. The van der Waals surface area contributed by atoms with E-state index in [9.17, 15) is 4.79 Å². The van der Waals surface area contributed by atoms with E-state index < -0.39 is 0 Å². The lowest BCUT2D eigenvalue weighted by Gasteiger charge is -2.10. The highest BCUT2D eigenvalue weighted by molar-refractivity contribution is 7.99. The zero-order valence-corrected chi connectivity index (χ0v) is 19.3. The minimum atomic E-state index is 0.111. The number of carbonyl (C=O) groups excluding carboxylic acids is 1. The van der Waals surface area contributed by atoms with Gasteiger partial charge in [0, 0.05) is 42.7 Å². The first-order chi connectivity index (χ1) is 14.5. The highest BCUT2D eigenvalue weighted by Crippen LogP contribution is 2.26. The Balaban J connectivity index is 1.78. The lowest BCUT2D eigenvalue weighted by molar-refractivity contribution is 0.102. The number of benzene rings is 1. The molecule has 0 amide bonds. The molecule has 30 heavy (non-hydrogen) atoms. The quantitative estimate of drug-likeness (QED) is 0.347. The van der Waals surface area contributed by atoms with Crippen molar-refractivity contribution >= 4 is 17.5 Å². The fourth-order valence-electron chi connectivity index (χ4n) is 3.64. The molecule has 6 nitrogen and oxygen atoms in total. The van der Waals surface area contributed by atoms with Crippen LogP contribution >= 0.6 is 11.8 Å². The standard InChI is InChI=1S/C23H30N4O2S/c1-6-10-27-22(19-9-7-8-16(2)13-19)24-25-23(27)30-15-21(28)20-14-17(3)26(18(20)4)11-12-29-5/h7-9,13-14H,6,10-12,15H2,1-5H3. The van der Waals surface area contributed by atoms with Gasteiger partial charge >= 0.3 is 0 Å². The summed E-state index contributed by atoms with van der Waals surface area (Å²) < 4.78 is 9.44. The number of ether oxygens (including phenoxy) is 1. The summed E-state index contributed by atoms with van der Waals surface area (Å²) in [5, 5.41) is 9.61. The van der Waals surface area contributed by atoms with E-state index in [4.69, 9.17) is 4.74 Å². The molecule has 0 N–H and O–H groups in total. The van der Waals surface area contributed by atoms with Crippen LogP contribution in [0, 0.1) is 20.8 Å². The van der Waals surface area contributed by atoms with Gasteiger partial charge in [-0.05, 0) is 39.3 Å². The van der Waals surface area contributed by atoms with Crippen molar-refractivity contribution in [3.05, 3.63) is 52.8 Å². The molecule has 0 saturated heterocycles. The van der Waals surface area contributed by atoms with Gasteiger partial charge in [0.15, 0.2) is 16.8 Å². The largest absolute Gasteiger partial charge is 0.383 e. The van der Waals surface area contributed by atoms with Crippen LogP contribution in [0.2, 0.25) is 0 Å². The van der Waals surface area contributed by atoms with Crippen molar-refractivity contribution in [2.45, 2.75) is 52.4 Å². The van der Waals surface area contributed by atoms with Gasteiger partial charge in [-0.1, -0.05) is 42.4 Å². The van der Waals surface area contributed by atoms with Crippen molar-refractivity contribution in [2.75, 3.05) is 19.5 Å². The monoisotopic (exact) mass is 426 g/mol. The molecule has 0 radical (unpaired) electrons. The van der Waals surface area contributed by atoms with Gasteiger partial charge in [0.05, 0.1) is 12.4 Å². The summed E-state index contributed by atoms with van der Waals surface area (Å²) in [6.45, 7) is 10.4. The minimum absolute atomic E-state index is 0.111. The van der Waals surface area contributed by atoms with Crippen molar-refractivity contribution in [1.82, 2.24) is 19.3 Å². The maximum absolute atomic E-state index is 12.9. The molecule has 0 aliphatic rings. The zero-order chi connectivity index (χ0) is 21.7. The van der Waals surface area contributed by atoms with E-state index in [-0.39, 0.29) is 5.78 Å². The van der Waals surface area contributed by atoms with Gasteiger partial charge in [0.1, 0.15) is 0 Å². The Morgan fingerprint density at radius 1 is 1.10 bits per heavy atom. The predicted molar refractivity (Wildman–Crippen MR) is 121 cm³/mol. The lowest BCUT2D eigenvalue weighted by atomic mass is 10.1. The van der Waals surface area contributed by atoms with Crippen molar-refractivity contribution in [2.24, 2.45) is 0 Å². The van der Waals surface area contributed by atoms with Crippen LogP contribution in [-0.2, 0) is 17.8 Å². The van der Waals surface area contributed by atoms with Crippen molar-refractivity contribution in [1.29, 1.82) is 0 Å². The van der Waals surface area contributed by atoms with Crippen LogP contribution in [0.1, 0.15) is 40.7 Å². The smallest absolute Gasteiger partial charge is 0.191 e. The van der Waals surface area contributed by atoms with Crippen molar-refractivity contribution < 1.29 is 9.53 Å². The Kier molecular flexibility index (Phi) is 7.50. The molecular weight excluding hydrogens is 396 g/mol. The molecule has 7 heteroatoms. The summed E-state index contributed by atoms with van der Waals surface area (Å²) in [6.07, 6.45) is 0.971. The van der Waals surface area contributed by atoms with Gasteiger partial charge in [0.25, 0.3) is 0 Å². The minimum Gasteiger partial charge on any atom is -0.383 e. The highest BCUT2D eigenvalue weighted by Gasteiger charge is 2.19. The molecular formula is C23H30N4O2S. The summed E-state index contributed by atoms with van der Waals surface area (Å²) in [5.74, 6) is 1.30. The maximum atomic E-state index is 12.9. The fraction of sp³-hybridized carbons (Fsp3) is 0.435. The van der Waals surface area contributed by atoms with Crippen LogP contribution in [0.15, 0.2) is 35.5 Å². The molecule has 0 bridgehead atoms. The number of rotatable bonds is 10. The van der Waals surface area contributed by atoms with Crippen LogP contribution in [0.25, 0.3) is 11.4 Å². The molecule has 3 rings (SSSR count). The van der Waals surface area contributed by atoms with E-state index in [2.05, 4.69) is 51.4 Å². The number of nitrogens with zero attached hydrogens (tertiary/aromatic N) is 4. The molecule has 0 fully saturated rings. The Hall–Kier alpha value is -2.38. The second-order valence-electron chi connectivity index (χ2n) is 7.47. The second kappa shape index (κ2) is 10.1. The van der Waals surface area contributed by atoms with E-state index in [1.54, 1.807) is 7.11 Å². The average molecular weight is 427 g/mol. The number of hydrogen-bond donors (Lipinski definition) is 0. The van der Waals surface area contributed by atoms with Gasteiger partial charge in [-0.2, -0.15) is 0 Å². The first kappa shape index (κ1) is 22.3. The number of ketones is 1. The molecule has 160 valence electrons. The van der Waals surface area contributed by atoms with E-state index in [0.29, 0.717) is 12.4 Å². The highest BCUT2D eigenvalue weighted by atomic mass is 32.2. The Morgan fingerprint density at radius 3 is 2.60 bits per heavy atom. The zero-order valence-electron chi connectivity index (χ0n) is 18.4. The molecule has 0 aliphatic heterocycles. The topological polar surface area (TPSA) is 61.9 Å². The summed E-state index contributed by atoms with van der Waals surface area (Å²) in [7, 11) is 1.69. The molecule has 2 aromatic heterocycles. The van der Waals surface area contributed by atoms with Gasteiger partial charge in [-0.3, -0.25) is 4.79 Å². The van der Waals surface area contributed by atoms with Crippen molar-refractivity contribution in [3.8, 4) is 11.4 Å². The van der Waals surface area contributed by atoms with Crippen LogP contribution in [0.4, 0.5) is 0 Å². The number of methoxy groups -OCH3 is 1. The second-order valence-corrected chi connectivity index (χ2v) is 8.41. The molecule has 0 saturated carbocycles. The predicted octanol–water partition coefficient (Wildman–Crippen LogP) is 4.70. The van der Waals surface area contributed by atoms with Crippen LogP contribution < -0.4 is 0 Å². The molecule has 0 aliphatic carbocycles. The number of carbonyl (C=O) groups is 1. The summed E-state index contributed by atoms with van der Waals surface area (Å²) >= 11 is 1.46. The van der Waals surface area contributed by atoms with Gasteiger partial charge in [-0.25, -0.2) is 0 Å². The summed E-state index contributed by atoms with van der Waals surface area (Å²) in [5.41, 5.74) is 5.08. The molecule has 0 spiro atoms. The molecule has 2 heterocycles. The van der Waals surface area contributed by atoms with Crippen LogP contribution in [0.3, 0.4) is 0 Å². The van der Waals surface area contributed by atoms with E-state index >= 15 is 0 Å². The van der Waals surface area contributed by atoms with Gasteiger partial charge in [0.2, 0.25) is 0 Å². The number of aryl methyl sites for hydroxylation is 2. The molecule has 0 atom stereocenters. The van der Waals surface area contributed by atoms with E-state index in [0.717, 1.165) is 53.0 Å². The van der Waals surface area contributed by atoms with Gasteiger partial charge < -0.3 is 13.9 Å².